The first-order valence-electron chi connectivity index (χ1n) is 13.8. The van der Waals surface area contributed by atoms with Crippen molar-refractivity contribution in [2.24, 2.45) is 0 Å². The van der Waals surface area contributed by atoms with Gasteiger partial charge in [-0.05, 0) is 127 Å². The zero-order valence-electron chi connectivity index (χ0n) is 23.8. The highest BCUT2D eigenvalue weighted by Crippen LogP contribution is 2.67. The third kappa shape index (κ3) is 6.76. The fourth-order valence-corrected chi connectivity index (χ4v) is 11.1. The van der Waals surface area contributed by atoms with Gasteiger partial charge in [-0.25, -0.2) is 0 Å². The van der Waals surface area contributed by atoms with E-state index in [9.17, 15) is 0 Å². The standard InChI is InChI=1S/C36H16Br6Cl6/c37-18-6-11-26(44)21(14-18)30-34(42)32(20-15-19(43)7-9-22(20)38)36(17-5-10-27(45)25(41)13-17,33-24(40)2-1-3-28(33)46)31(35(30)48)16-4-8-23(39)29(47)12-16/h1-15,32H. The van der Waals surface area contributed by atoms with Crippen LogP contribution in [0.15, 0.2) is 123 Å². The molecule has 0 bridgehead atoms. The van der Waals surface area contributed by atoms with Crippen molar-refractivity contribution in [3.05, 3.63) is 176 Å². The third-order valence-corrected chi connectivity index (χ3v) is 14.6. The summed E-state index contributed by atoms with van der Waals surface area (Å²) in [6, 6.07) is 28.8. The fraction of sp³-hybridized carbons (Fsp3) is 0.0556. The molecule has 244 valence electrons. The topological polar surface area (TPSA) is 0 Å². The quantitative estimate of drug-likeness (QED) is 0.165. The molecule has 2 unspecified atom stereocenters. The van der Waals surface area contributed by atoms with Gasteiger partial charge in [0.15, 0.2) is 0 Å². The first kappa shape index (κ1) is 37.9. The Kier molecular flexibility index (Phi) is 12.1. The van der Waals surface area contributed by atoms with Crippen LogP contribution in [0, 0.1) is 0 Å². The molecule has 0 aliphatic heterocycles. The monoisotopic (exact) mass is 1130 g/mol. The van der Waals surface area contributed by atoms with E-state index in [0.29, 0.717) is 40.2 Å². The molecular formula is C36H16Br6Cl6. The second kappa shape index (κ2) is 15.3. The lowest BCUT2D eigenvalue weighted by atomic mass is 9.55. The molecule has 0 saturated carbocycles. The Hall–Kier alpha value is 0.200. The minimum absolute atomic E-state index is 0.438. The molecule has 48 heavy (non-hydrogen) atoms. The summed E-state index contributed by atoms with van der Waals surface area (Å²) >= 11 is 65.3. The van der Waals surface area contributed by atoms with Gasteiger partial charge in [0, 0.05) is 64.5 Å². The Bertz CT molecular complexity index is 2180. The van der Waals surface area contributed by atoms with E-state index in [1.54, 1.807) is 0 Å². The average molecular weight is 1140 g/mol. The number of halogens is 12. The Labute approximate surface area is 358 Å². The summed E-state index contributed by atoms with van der Waals surface area (Å²) in [7, 11) is 0. The molecule has 2 atom stereocenters. The summed E-state index contributed by atoms with van der Waals surface area (Å²) in [4.78, 5) is 0. The van der Waals surface area contributed by atoms with E-state index in [4.69, 9.17) is 69.6 Å². The minimum Gasteiger partial charge on any atom is -0.0843 e. The Morgan fingerprint density at radius 2 is 1.25 bits per heavy atom. The molecule has 0 nitrogen and oxygen atoms in total. The number of benzene rings is 5. The van der Waals surface area contributed by atoms with Crippen LogP contribution in [0.3, 0.4) is 0 Å². The molecule has 0 radical (unpaired) electrons. The van der Waals surface area contributed by atoms with Gasteiger partial charge >= 0.3 is 0 Å². The highest BCUT2D eigenvalue weighted by Gasteiger charge is 2.55. The van der Waals surface area contributed by atoms with E-state index < -0.39 is 11.3 Å². The normalized spacial score (nSPS) is 18.1. The maximum atomic E-state index is 7.84. The van der Waals surface area contributed by atoms with Crippen molar-refractivity contribution in [1.29, 1.82) is 0 Å². The van der Waals surface area contributed by atoms with E-state index >= 15 is 0 Å². The van der Waals surface area contributed by atoms with Crippen LogP contribution in [0.25, 0.3) is 11.1 Å². The minimum atomic E-state index is -1.16. The van der Waals surface area contributed by atoms with Crippen LogP contribution in [0.4, 0.5) is 0 Å². The van der Waals surface area contributed by atoms with E-state index in [2.05, 4.69) is 95.6 Å². The van der Waals surface area contributed by atoms with Crippen LogP contribution < -0.4 is 0 Å². The summed E-state index contributed by atoms with van der Waals surface area (Å²) in [5, 5.41) is 3.06. The first-order chi connectivity index (χ1) is 22.8. The van der Waals surface area contributed by atoms with Gasteiger partial charge in [0.25, 0.3) is 0 Å². The summed E-state index contributed by atoms with van der Waals surface area (Å²) in [6.07, 6.45) is 0. The molecule has 1 aliphatic carbocycles. The zero-order valence-corrected chi connectivity index (χ0v) is 37.8. The second-order valence-electron chi connectivity index (χ2n) is 10.8. The maximum absolute atomic E-state index is 7.84. The first-order valence-corrected chi connectivity index (χ1v) is 20.9. The lowest BCUT2D eigenvalue weighted by molar-refractivity contribution is 0.575. The van der Waals surface area contributed by atoms with Crippen molar-refractivity contribution in [1.82, 2.24) is 0 Å². The predicted molar refractivity (Wildman–Crippen MR) is 228 cm³/mol. The number of hydrogen-bond acceptors (Lipinski definition) is 0. The van der Waals surface area contributed by atoms with Gasteiger partial charge in [0.1, 0.15) is 0 Å². The lowest BCUT2D eigenvalue weighted by Gasteiger charge is -2.49. The van der Waals surface area contributed by atoms with Gasteiger partial charge in [-0.3, -0.25) is 0 Å². The summed E-state index contributed by atoms with van der Waals surface area (Å²) in [6.45, 7) is 0. The van der Waals surface area contributed by atoms with E-state index in [1.165, 1.54) is 0 Å². The molecular weight excluding hydrogens is 1120 g/mol. The number of allylic oxidation sites excluding steroid dienone is 4. The Morgan fingerprint density at radius 1 is 0.542 bits per heavy atom. The molecule has 0 aromatic heterocycles. The van der Waals surface area contributed by atoms with Crippen molar-refractivity contribution in [2.45, 2.75) is 11.3 Å². The van der Waals surface area contributed by atoms with Gasteiger partial charge in [0.2, 0.25) is 0 Å². The van der Waals surface area contributed by atoms with Crippen molar-refractivity contribution in [3.8, 4) is 0 Å². The van der Waals surface area contributed by atoms with Gasteiger partial charge in [0.05, 0.1) is 20.5 Å². The highest BCUT2D eigenvalue weighted by atomic mass is 79.9. The van der Waals surface area contributed by atoms with E-state index in [1.807, 2.05) is 91.0 Å². The van der Waals surface area contributed by atoms with Crippen molar-refractivity contribution in [2.75, 3.05) is 0 Å². The lowest BCUT2D eigenvalue weighted by Crippen LogP contribution is -2.40. The molecule has 5 aromatic carbocycles. The zero-order chi connectivity index (χ0) is 34.7. The molecule has 1 aliphatic rings. The smallest absolute Gasteiger partial charge is 0.0613 e. The molecule has 0 saturated heterocycles. The second-order valence-corrected chi connectivity index (χ2v) is 18.4. The number of rotatable bonds is 5. The molecule has 0 fully saturated rings. The molecule has 5 aromatic rings. The Morgan fingerprint density at radius 3 is 1.94 bits per heavy atom. The van der Waals surface area contributed by atoms with Gasteiger partial charge in [-0.15, -0.1) is 0 Å². The molecule has 0 amide bonds. The summed E-state index contributed by atoms with van der Waals surface area (Å²) in [5.74, 6) is -0.556. The maximum Gasteiger partial charge on any atom is 0.0613 e. The molecule has 0 heterocycles. The SMILES string of the molecule is ClC1=C(c2ccc(Br)c(Cl)c2)C(c2ccc(Cl)c(Br)c2)(c2c(Cl)cccc2Br)C(c2cc(Cl)ccc2Br)C(Br)=C1c1cc(Br)ccc1Cl. The van der Waals surface area contributed by atoms with E-state index in [0.717, 1.165) is 55.8 Å². The van der Waals surface area contributed by atoms with E-state index in [-0.39, 0.29) is 0 Å². The van der Waals surface area contributed by atoms with Gasteiger partial charge in [-0.2, -0.15) is 0 Å². The van der Waals surface area contributed by atoms with Crippen LogP contribution in [-0.2, 0) is 5.41 Å². The van der Waals surface area contributed by atoms with Crippen LogP contribution in [-0.4, -0.2) is 0 Å². The van der Waals surface area contributed by atoms with Crippen LogP contribution >= 0.6 is 165 Å². The van der Waals surface area contributed by atoms with Crippen molar-refractivity contribution in [3.63, 3.8) is 0 Å². The molecule has 0 spiro atoms. The highest BCUT2D eigenvalue weighted by molar-refractivity contribution is 9.12. The molecule has 12 heteroatoms. The largest absolute Gasteiger partial charge is 0.0843 e. The molecule has 6 rings (SSSR count). The summed E-state index contributed by atoms with van der Waals surface area (Å²) in [5.41, 5.74) is 4.21. The third-order valence-electron chi connectivity index (χ3n) is 8.17. The summed E-state index contributed by atoms with van der Waals surface area (Å²) < 4.78 is 4.60. The molecule has 0 N–H and O–H groups in total. The Balaban J connectivity index is 1.96. The van der Waals surface area contributed by atoms with Gasteiger partial charge < -0.3 is 0 Å². The van der Waals surface area contributed by atoms with Crippen molar-refractivity contribution >= 4 is 176 Å². The van der Waals surface area contributed by atoms with Crippen LogP contribution in [0.5, 0.6) is 0 Å². The fourth-order valence-electron chi connectivity index (χ4n) is 6.27. The van der Waals surface area contributed by atoms with Crippen LogP contribution in [0.1, 0.15) is 33.7 Å². The van der Waals surface area contributed by atoms with Gasteiger partial charge in [-0.1, -0.05) is 152 Å². The van der Waals surface area contributed by atoms with Crippen LogP contribution in [0.2, 0.25) is 25.1 Å². The van der Waals surface area contributed by atoms with Crippen molar-refractivity contribution < 1.29 is 0 Å². The average Bonchev–Trinajstić information content (AvgIpc) is 3.03. The predicted octanol–water partition coefficient (Wildman–Crippen LogP) is 17.3. The number of hydrogen-bond donors (Lipinski definition) is 0.